The molecule has 1 aromatic carbocycles. The van der Waals surface area contributed by atoms with Crippen molar-refractivity contribution >= 4 is 5.69 Å². The van der Waals surface area contributed by atoms with Crippen molar-refractivity contribution in [1.82, 2.24) is 4.98 Å². The molecule has 0 unspecified atom stereocenters. The second-order valence-electron chi connectivity index (χ2n) is 5.47. The van der Waals surface area contributed by atoms with E-state index in [4.69, 9.17) is 0 Å². The van der Waals surface area contributed by atoms with Gasteiger partial charge in [-0.05, 0) is 28.7 Å². The van der Waals surface area contributed by atoms with E-state index in [1.54, 1.807) is 18.5 Å². The number of benzene rings is 1. The molecule has 0 aliphatic heterocycles. The van der Waals surface area contributed by atoms with Crippen molar-refractivity contribution in [2.24, 2.45) is 0 Å². The number of pyridine rings is 1. The molecular weight excluding hydrogens is 240 g/mol. The van der Waals surface area contributed by atoms with Gasteiger partial charge in [0.2, 0.25) is 0 Å². The zero-order chi connectivity index (χ0) is 14.0. The van der Waals surface area contributed by atoms with Gasteiger partial charge >= 0.3 is 0 Å². The van der Waals surface area contributed by atoms with Crippen LogP contribution in [0.25, 0.3) is 11.1 Å². The number of nitro benzene ring substituents is 1. The van der Waals surface area contributed by atoms with Crippen molar-refractivity contribution in [2.45, 2.75) is 26.2 Å². The molecule has 0 radical (unpaired) electrons. The third-order valence-corrected chi connectivity index (χ3v) is 3.02. The van der Waals surface area contributed by atoms with Crippen LogP contribution in [0.2, 0.25) is 0 Å². The molecule has 19 heavy (non-hydrogen) atoms. The smallest absolute Gasteiger partial charge is 0.265 e. The highest BCUT2D eigenvalue weighted by atomic mass is 16.6. The van der Waals surface area contributed by atoms with Crippen LogP contribution in [0.3, 0.4) is 0 Å². The maximum Gasteiger partial charge on any atom is 0.273 e. The summed E-state index contributed by atoms with van der Waals surface area (Å²) in [4.78, 5) is 14.9. The maximum absolute atomic E-state index is 11.2. The Bertz CT molecular complexity index is 601. The van der Waals surface area contributed by atoms with Gasteiger partial charge in [0.25, 0.3) is 5.69 Å². The van der Waals surface area contributed by atoms with Crippen LogP contribution in [-0.4, -0.2) is 9.91 Å². The number of rotatable bonds is 2. The molecule has 4 heteroatoms. The van der Waals surface area contributed by atoms with Gasteiger partial charge in [0.15, 0.2) is 0 Å². The molecule has 0 spiro atoms. The molecule has 0 atom stereocenters. The van der Waals surface area contributed by atoms with Crippen LogP contribution in [0.1, 0.15) is 26.3 Å². The molecule has 98 valence electrons. The van der Waals surface area contributed by atoms with Crippen LogP contribution in [-0.2, 0) is 5.41 Å². The number of nitro groups is 1. The lowest BCUT2D eigenvalue weighted by Crippen LogP contribution is -2.13. The van der Waals surface area contributed by atoms with Gasteiger partial charge in [0, 0.05) is 24.0 Å². The van der Waals surface area contributed by atoms with Crippen LogP contribution in [0.15, 0.2) is 42.7 Å². The highest BCUT2D eigenvalue weighted by molar-refractivity contribution is 5.67. The minimum atomic E-state index is -0.314. The van der Waals surface area contributed by atoms with Crippen molar-refractivity contribution < 1.29 is 4.92 Å². The van der Waals surface area contributed by atoms with E-state index in [2.05, 4.69) is 4.98 Å². The Morgan fingerprint density at radius 1 is 1.05 bits per heavy atom. The summed E-state index contributed by atoms with van der Waals surface area (Å²) in [7, 11) is 0. The third-order valence-electron chi connectivity index (χ3n) is 3.02. The standard InChI is InChI=1S/C15H16N2O2/c1-15(2,3)13-5-4-12(10-14(13)17(18)19)11-6-8-16-9-7-11/h4-10H,1-3H3. The predicted molar refractivity (Wildman–Crippen MR) is 75.0 cm³/mol. The van der Waals surface area contributed by atoms with Crippen molar-refractivity contribution in [3.63, 3.8) is 0 Å². The number of hydrogen-bond acceptors (Lipinski definition) is 3. The van der Waals surface area contributed by atoms with Gasteiger partial charge in [-0.2, -0.15) is 0 Å². The molecule has 0 saturated carbocycles. The monoisotopic (exact) mass is 256 g/mol. The van der Waals surface area contributed by atoms with Crippen LogP contribution in [0, 0.1) is 10.1 Å². The Morgan fingerprint density at radius 3 is 2.21 bits per heavy atom. The Hall–Kier alpha value is -2.23. The Kier molecular flexibility index (Phi) is 3.34. The Labute approximate surface area is 112 Å². The number of hydrogen-bond donors (Lipinski definition) is 0. The van der Waals surface area contributed by atoms with Gasteiger partial charge < -0.3 is 0 Å². The van der Waals surface area contributed by atoms with E-state index >= 15 is 0 Å². The molecule has 0 aliphatic rings. The lowest BCUT2D eigenvalue weighted by atomic mass is 9.85. The number of nitrogens with zero attached hydrogens (tertiary/aromatic N) is 2. The van der Waals surface area contributed by atoms with E-state index in [9.17, 15) is 10.1 Å². The summed E-state index contributed by atoms with van der Waals surface area (Å²) in [5.74, 6) is 0. The van der Waals surface area contributed by atoms with Crippen molar-refractivity contribution in [1.29, 1.82) is 0 Å². The average Bonchev–Trinajstić information content (AvgIpc) is 2.38. The topological polar surface area (TPSA) is 56.0 Å². The van der Waals surface area contributed by atoms with Crippen LogP contribution in [0.4, 0.5) is 5.69 Å². The van der Waals surface area contributed by atoms with Crippen LogP contribution >= 0.6 is 0 Å². The molecule has 2 rings (SSSR count). The molecular formula is C15H16N2O2. The van der Waals surface area contributed by atoms with Gasteiger partial charge in [-0.3, -0.25) is 15.1 Å². The van der Waals surface area contributed by atoms with E-state index < -0.39 is 0 Å². The minimum Gasteiger partial charge on any atom is -0.265 e. The molecule has 2 aromatic rings. The summed E-state index contributed by atoms with van der Waals surface area (Å²) in [6.07, 6.45) is 3.36. The first kappa shape index (κ1) is 13.2. The molecule has 0 N–H and O–H groups in total. The number of aromatic nitrogens is 1. The fourth-order valence-electron chi connectivity index (χ4n) is 2.04. The summed E-state index contributed by atoms with van der Waals surface area (Å²) in [5, 5.41) is 11.2. The fourth-order valence-corrected chi connectivity index (χ4v) is 2.04. The molecule has 1 heterocycles. The van der Waals surface area contributed by atoms with Crippen molar-refractivity contribution in [3.8, 4) is 11.1 Å². The molecule has 0 saturated heterocycles. The van der Waals surface area contributed by atoms with E-state index in [0.29, 0.717) is 0 Å². The summed E-state index contributed by atoms with van der Waals surface area (Å²) >= 11 is 0. The Morgan fingerprint density at radius 2 is 1.68 bits per heavy atom. The minimum absolute atomic E-state index is 0.168. The lowest BCUT2D eigenvalue weighted by Gasteiger charge is -2.19. The highest BCUT2D eigenvalue weighted by Crippen LogP contribution is 2.34. The average molecular weight is 256 g/mol. The summed E-state index contributed by atoms with van der Waals surface area (Å²) < 4.78 is 0. The quantitative estimate of drug-likeness (QED) is 0.603. The third kappa shape index (κ3) is 2.78. The van der Waals surface area contributed by atoms with Crippen molar-refractivity contribution in [2.75, 3.05) is 0 Å². The van der Waals surface area contributed by atoms with E-state index in [0.717, 1.165) is 16.7 Å². The maximum atomic E-state index is 11.2. The van der Waals surface area contributed by atoms with Gasteiger partial charge in [0.05, 0.1) is 4.92 Å². The first-order valence-corrected chi connectivity index (χ1v) is 6.09. The SMILES string of the molecule is CC(C)(C)c1ccc(-c2ccncc2)cc1[N+](=O)[O-]. The second-order valence-corrected chi connectivity index (χ2v) is 5.47. The summed E-state index contributed by atoms with van der Waals surface area (Å²) in [6, 6.07) is 9.08. The predicted octanol–water partition coefficient (Wildman–Crippen LogP) is 3.95. The zero-order valence-corrected chi connectivity index (χ0v) is 11.3. The fraction of sp³-hybridized carbons (Fsp3) is 0.267. The van der Waals surface area contributed by atoms with E-state index in [1.807, 2.05) is 45.0 Å². The molecule has 1 aromatic heterocycles. The zero-order valence-electron chi connectivity index (χ0n) is 11.3. The lowest BCUT2D eigenvalue weighted by molar-refractivity contribution is -0.385. The van der Waals surface area contributed by atoms with Gasteiger partial charge in [-0.15, -0.1) is 0 Å². The van der Waals surface area contributed by atoms with Gasteiger partial charge in [-0.25, -0.2) is 0 Å². The van der Waals surface area contributed by atoms with Crippen molar-refractivity contribution in [3.05, 3.63) is 58.4 Å². The molecule has 0 fully saturated rings. The molecule has 0 bridgehead atoms. The normalized spacial score (nSPS) is 11.3. The summed E-state index contributed by atoms with van der Waals surface area (Å²) in [6.45, 7) is 5.92. The summed E-state index contributed by atoms with van der Waals surface area (Å²) in [5.41, 5.74) is 2.43. The molecule has 0 aliphatic carbocycles. The highest BCUT2D eigenvalue weighted by Gasteiger charge is 2.25. The van der Waals surface area contributed by atoms with Gasteiger partial charge in [-0.1, -0.05) is 32.9 Å². The van der Waals surface area contributed by atoms with E-state index in [1.165, 1.54) is 0 Å². The second kappa shape index (κ2) is 4.80. The molecule has 4 nitrogen and oxygen atoms in total. The Balaban J connectivity index is 2.58. The van der Waals surface area contributed by atoms with Crippen LogP contribution in [0.5, 0.6) is 0 Å². The largest absolute Gasteiger partial charge is 0.273 e. The van der Waals surface area contributed by atoms with Gasteiger partial charge in [0.1, 0.15) is 0 Å². The first-order chi connectivity index (χ1) is 8.89. The van der Waals surface area contributed by atoms with Crippen LogP contribution < -0.4 is 0 Å². The van der Waals surface area contributed by atoms with E-state index in [-0.39, 0.29) is 16.0 Å². The molecule has 0 amide bonds. The first-order valence-electron chi connectivity index (χ1n) is 6.09.